The minimum Gasteiger partial charge on any atom is -0.484 e. The average molecular weight is 471 g/mol. The van der Waals surface area contributed by atoms with Gasteiger partial charge in [-0.05, 0) is 61.9 Å². The second-order valence-corrected chi connectivity index (χ2v) is 9.20. The summed E-state index contributed by atoms with van der Waals surface area (Å²) in [5.74, 6) is 0.338. The number of carbonyl (C=O) groups excluding carboxylic acids is 2. The van der Waals surface area contributed by atoms with Gasteiger partial charge < -0.3 is 15.0 Å². The number of hydrogen-bond donors (Lipinski definition) is 1. The van der Waals surface area contributed by atoms with Gasteiger partial charge in [0.15, 0.2) is 6.61 Å². The number of carbonyl (C=O) groups is 2. The molecule has 2 aromatic rings. The normalized spacial score (nSPS) is 15.0. The first-order valence-electron chi connectivity index (χ1n) is 12.0. The van der Waals surface area contributed by atoms with Gasteiger partial charge in [0.05, 0.1) is 0 Å². The van der Waals surface area contributed by atoms with Crippen LogP contribution in [0, 0.1) is 6.92 Å². The topological polar surface area (TPSA) is 58.6 Å². The van der Waals surface area contributed by atoms with E-state index in [1.54, 1.807) is 17.0 Å². The van der Waals surface area contributed by atoms with E-state index in [0.717, 1.165) is 36.8 Å². The number of rotatable bonds is 10. The fraction of sp³-hybridized carbons (Fsp3) is 0.481. The molecule has 0 spiro atoms. The smallest absolute Gasteiger partial charge is 0.261 e. The molecular weight excluding hydrogens is 436 g/mol. The van der Waals surface area contributed by atoms with Gasteiger partial charge >= 0.3 is 0 Å². The lowest BCUT2D eigenvalue weighted by Crippen LogP contribution is -2.53. The molecule has 0 heterocycles. The van der Waals surface area contributed by atoms with E-state index in [2.05, 4.69) is 5.32 Å². The van der Waals surface area contributed by atoms with Crippen LogP contribution in [-0.4, -0.2) is 41.9 Å². The van der Waals surface area contributed by atoms with Crippen LogP contribution >= 0.6 is 11.6 Å². The maximum atomic E-state index is 13.3. The Morgan fingerprint density at radius 2 is 1.85 bits per heavy atom. The van der Waals surface area contributed by atoms with Crippen LogP contribution in [0.3, 0.4) is 0 Å². The minimum absolute atomic E-state index is 0.0619. The SMILES string of the molecule is CCC(C(=O)NC1CCCCC1)N(CCc1ccccc1)C(=O)COc1ccc(Cl)c(C)c1. The molecule has 1 aliphatic rings. The summed E-state index contributed by atoms with van der Waals surface area (Å²) in [6.07, 6.45) is 6.78. The quantitative estimate of drug-likeness (QED) is 0.510. The van der Waals surface area contributed by atoms with Crippen molar-refractivity contribution in [1.82, 2.24) is 10.2 Å². The predicted octanol–water partition coefficient (Wildman–Crippen LogP) is 5.33. The van der Waals surface area contributed by atoms with E-state index in [4.69, 9.17) is 16.3 Å². The maximum Gasteiger partial charge on any atom is 0.261 e. The van der Waals surface area contributed by atoms with Crippen LogP contribution in [0.2, 0.25) is 5.02 Å². The highest BCUT2D eigenvalue weighted by Gasteiger charge is 2.30. The molecule has 0 aliphatic heterocycles. The molecule has 1 atom stereocenters. The Balaban J connectivity index is 1.70. The van der Waals surface area contributed by atoms with Crippen molar-refractivity contribution in [3.63, 3.8) is 0 Å². The van der Waals surface area contributed by atoms with Crippen molar-refractivity contribution >= 4 is 23.4 Å². The maximum absolute atomic E-state index is 13.3. The molecule has 33 heavy (non-hydrogen) atoms. The number of halogens is 1. The molecule has 2 amide bonds. The monoisotopic (exact) mass is 470 g/mol. The summed E-state index contributed by atoms with van der Waals surface area (Å²) in [6, 6.07) is 15.1. The molecule has 0 aromatic heterocycles. The lowest BCUT2D eigenvalue weighted by Gasteiger charge is -2.32. The van der Waals surface area contributed by atoms with Crippen LogP contribution in [0.5, 0.6) is 5.75 Å². The van der Waals surface area contributed by atoms with E-state index in [0.29, 0.717) is 30.2 Å². The summed E-state index contributed by atoms with van der Waals surface area (Å²) >= 11 is 6.09. The van der Waals surface area contributed by atoms with Crippen molar-refractivity contribution < 1.29 is 14.3 Å². The van der Waals surface area contributed by atoms with Gasteiger partial charge in [-0.25, -0.2) is 0 Å². The minimum atomic E-state index is -0.515. The highest BCUT2D eigenvalue weighted by molar-refractivity contribution is 6.31. The van der Waals surface area contributed by atoms with E-state index in [1.165, 1.54) is 6.42 Å². The highest BCUT2D eigenvalue weighted by Crippen LogP contribution is 2.22. The number of aryl methyl sites for hydroxylation is 1. The molecule has 0 saturated heterocycles. The summed E-state index contributed by atoms with van der Waals surface area (Å²) in [4.78, 5) is 28.2. The molecule has 178 valence electrons. The Hall–Kier alpha value is -2.53. The second kappa shape index (κ2) is 12.6. The van der Waals surface area contributed by atoms with Gasteiger partial charge in [0.2, 0.25) is 5.91 Å². The number of nitrogens with one attached hydrogen (secondary N) is 1. The molecule has 1 saturated carbocycles. The Kier molecular flexibility index (Phi) is 9.61. The summed E-state index contributed by atoms with van der Waals surface area (Å²) in [7, 11) is 0. The van der Waals surface area contributed by atoms with Crippen LogP contribution in [0.4, 0.5) is 0 Å². The van der Waals surface area contributed by atoms with Crippen molar-refractivity contribution in [2.75, 3.05) is 13.2 Å². The Labute approximate surface area is 202 Å². The number of nitrogens with zero attached hydrogens (tertiary/aromatic N) is 1. The lowest BCUT2D eigenvalue weighted by molar-refractivity contribution is -0.142. The largest absolute Gasteiger partial charge is 0.484 e. The van der Waals surface area contributed by atoms with Crippen molar-refractivity contribution in [3.8, 4) is 5.75 Å². The molecule has 5 nitrogen and oxygen atoms in total. The number of hydrogen-bond acceptors (Lipinski definition) is 3. The Morgan fingerprint density at radius 1 is 1.12 bits per heavy atom. The van der Waals surface area contributed by atoms with Crippen molar-refractivity contribution in [3.05, 3.63) is 64.7 Å². The fourth-order valence-corrected chi connectivity index (χ4v) is 4.49. The van der Waals surface area contributed by atoms with E-state index in [1.807, 2.05) is 50.2 Å². The second-order valence-electron chi connectivity index (χ2n) is 8.79. The summed E-state index contributed by atoms with van der Waals surface area (Å²) in [5.41, 5.74) is 2.02. The molecule has 1 unspecified atom stereocenters. The number of ether oxygens (including phenoxy) is 1. The molecule has 1 N–H and O–H groups in total. The van der Waals surface area contributed by atoms with Crippen molar-refractivity contribution in [1.29, 1.82) is 0 Å². The zero-order valence-corrected chi connectivity index (χ0v) is 20.4. The summed E-state index contributed by atoms with van der Waals surface area (Å²) in [6.45, 7) is 4.19. The molecule has 0 radical (unpaired) electrons. The first-order chi connectivity index (χ1) is 16.0. The van der Waals surface area contributed by atoms with E-state index in [9.17, 15) is 9.59 Å². The van der Waals surface area contributed by atoms with Gasteiger partial charge in [0, 0.05) is 17.6 Å². The highest BCUT2D eigenvalue weighted by atomic mass is 35.5. The van der Waals surface area contributed by atoms with Gasteiger partial charge in [0.25, 0.3) is 5.91 Å². The Bertz CT molecular complexity index is 913. The molecule has 2 aromatic carbocycles. The van der Waals surface area contributed by atoms with Gasteiger partial charge in [-0.2, -0.15) is 0 Å². The standard InChI is InChI=1S/C27H35ClN2O3/c1-3-25(27(32)29-22-12-8-5-9-13-22)30(17-16-21-10-6-4-7-11-21)26(31)19-33-23-14-15-24(28)20(2)18-23/h4,6-7,10-11,14-15,18,22,25H,3,5,8-9,12-13,16-17,19H2,1-2H3,(H,29,32). The third kappa shape index (κ3) is 7.50. The average Bonchev–Trinajstić information content (AvgIpc) is 2.83. The van der Waals surface area contributed by atoms with Gasteiger partial charge in [-0.3, -0.25) is 9.59 Å². The first-order valence-corrected chi connectivity index (χ1v) is 12.4. The molecule has 1 fully saturated rings. The predicted molar refractivity (Wildman–Crippen MR) is 133 cm³/mol. The zero-order valence-electron chi connectivity index (χ0n) is 19.7. The van der Waals surface area contributed by atoms with Gasteiger partial charge in [-0.1, -0.05) is 68.1 Å². The molecule has 6 heteroatoms. The lowest BCUT2D eigenvalue weighted by atomic mass is 9.95. The van der Waals surface area contributed by atoms with Crippen LogP contribution in [0.15, 0.2) is 48.5 Å². The van der Waals surface area contributed by atoms with Gasteiger partial charge in [0.1, 0.15) is 11.8 Å². The molecule has 3 rings (SSSR count). The Morgan fingerprint density at radius 3 is 2.52 bits per heavy atom. The van der Waals surface area contributed by atoms with E-state index >= 15 is 0 Å². The van der Waals surface area contributed by atoms with Crippen LogP contribution < -0.4 is 10.1 Å². The van der Waals surface area contributed by atoms with E-state index < -0.39 is 6.04 Å². The third-order valence-corrected chi connectivity index (χ3v) is 6.74. The number of amides is 2. The number of benzene rings is 2. The van der Waals surface area contributed by atoms with Gasteiger partial charge in [-0.15, -0.1) is 0 Å². The van der Waals surface area contributed by atoms with Crippen molar-refractivity contribution in [2.24, 2.45) is 0 Å². The molecule has 1 aliphatic carbocycles. The fourth-order valence-electron chi connectivity index (χ4n) is 4.38. The third-order valence-electron chi connectivity index (χ3n) is 6.31. The van der Waals surface area contributed by atoms with Crippen LogP contribution in [-0.2, 0) is 16.0 Å². The summed E-state index contributed by atoms with van der Waals surface area (Å²) < 4.78 is 5.78. The van der Waals surface area contributed by atoms with Crippen molar-refractivity contribution in [2.45, 2.75) is 70.9 Å². The first kappa shape index (κ1) is 25.1. The van der Waals surface area contributed by atoms with Crippen LogP contribution in [0.25, 0.3) is 0 Å². The molecule has 0 bridgehead atoms. The summed E-state index contributed by atoms with van der Waals surface area (Å²) in [5, 5.41) is 3.86. The van der Waals surface area contributed by atoms with Crippen LogP contribution in [0.1, 0.15) is 56.6 Å². The molecular formula is C27H35ClN2O3. The zero-order chi connectivity index (χ0) is 23.6. The van der Waals surface area contributed by atoms with E-state index in [-0.39, 0.29) is 24.5 Å².